The summed E-state index contributed by atoms with van der Waals surface area (Å²) in [4.78, 5) is 29.9. The van der Waals surface area contributed by atoms with Crippen LogP contribution in [-0.2, 0) is 41.8 Å². The molecule has 2 aliphatic rings. The van der Waals surface area contributed by atoms with E-state index in [2.05, 4.69) is 10.1 Å². The Kier molecular flexibility index (Phi) is 7.00. The third kappa shape index (κ3) is 5.91. The fourth-order valence-electron chi connectivity index (χ4n) is 4.43. The number of carbonyl (C=O) groups excluding carboxylic acids is 1. The maximum atomic E-state index is 14.3. The molecular weight excluding hydrogens is 463 g/mol. The molecule has 1 aliphatic heterocycles. The summed E-state index contributed by atoms with van der Waals surface area (Å²) in [6, 6.07) is 2.57. The number of nitrogens with zero attached hydrogens (tertiary/aromatic N) is 3. The third-order valence-electron chi connectivity index (χ3n) is 5.79. The maximum absolute atomic E-state index is 14.3. The Hall–Kier alpha value is -3.17. The topological polar surface area (TPSA) is 82.8 Å². The molecule has 2 aromatic rings. The lowest BCUT2D eigenvalue weighted by Crippen LogP contribution is -2.36. The van der Waals surface area contributed by atoms with Crippen molar-refractivity contribution in [3.8, 4) is 5.75 Å². The second-order valence-electron chi connectivity index (χ2n) is 9.81. The van der Waals surface area contributed by atoms with Gasteiger partial charge in [-0.1, -0.05) is 0 Å². The summed E-state index contributed by atoms with van der Waals surface area (Å²) in [6.07, 6.45) is 1.10. The lowest BCUT2D eigenvalue weighted by molar-refractivity contribution is -0.155. The highest BCUT2D eigenvalue weighted by molar-refractivity contribution is 5.95. The number of hydrogen-bond acceptors (Lipinski definition) is 6. The highest BCUT2D eigenvalue weighted by Gasteiger charge is 2.26. The van der Waals surface area contributed by atoms with Crippen LogP contribution in [0.4, 0.5) is 18.9 Å². The number of benzene rings is 1. The molecule has 0 atom stereocenters. The summed E-state index contributed by atoms with van der Waals surface area (Å²) in [6.45, 7) is 4.06. The van der Waals surface area contributed by atoms with E-state index in [1.54, 1.807) is 20.8 Å². The highest BCUT2D eigenvalue weighted by Crippen LogP contribution is 2.34. The van der Waals surface area contributed by atoms with Crippen molar-refractivity contribution < 1.29 is 27.4 Å². The van der Waals surface area contributed by atoms with Crippen LogP contribution in [-0.4, -0.2) is 40.1 Å². The third-order valence-corrected chi connectivity index (χ3v) is 5.79. The molecule has 0 spiro atoms. The van der Waals surface area contributed by atoms with Crippen molar-refractivity contribution in [1.29, 1.82) is 0 Å². The van der Waals surface area contributed by atoms with E-state index in [9.17, 15) is 22.8 Å². The maximum Gasteiger partial charge on any atom is 0.328 e. The first-order chi connectivity index (χ1) is 16.5. The van der Waals surface area contributed by atoms with Crippen LogP contribution in [0.2, 0.25) is 0 Å². The van der Waals surface area contributed by atoms with Gasteiger partial charge in [-0.2, -0.15) is 5.10 Å². The van der Waals surface area contributed by atoms with Gasteiger partial charge in [-0.05, 0) is 63.6 Å². The molecule has 0 unspecified atom stereocenters. The van der Waals surface area contributed by atoms with Crippen molar-refractivity contribution in [3.63, 3.8) is 0 Å². The number of esters is 1. The Balaban J connectivity index is 1.61. The van der Waals surface area contributed by atoms with E-state index in [1.807, 2.05) is 0 Å². The standard InChI is InChI=1S/C25H28F3N3O4/c1-25(2,3)35-23(32)12-31-24(33)17-7-5-4-6-16(17)20(30-31)10-15-8-14-9-18(26)21(11-19(14)29-15)34-13-22(27)28/h9,11,22H,4-8,10,12-13H2,1-3H3. The number of rotatable bonds is 7. The molecule has 0 radical (unpaired) electrons. The van der Waals surface area contributed by atoms with Gasteiger partial charge < -0.3 is 9.47 Å². The summed E-state index contributed by atoms with van der Waals surface area (Å²) < 4.78 is 50.6. The van der Waals surface area contributed by atoms with Crippen LogP contribution < -0.4 is 10.3 Å². The molecule has 0 amide bonds. The van der Waals surface area contributed by atoms with Gasteiger partial charge in [0.25, 0.3) is 12.0 Å². The molecule has 1 aromatic carbocycles. The van der Waals surface area contributed by atoms with Crippen molar-refractivity contribution in [2.24, 2.45) is 4.99 Å². The number of hydrogen-bond donors (Lipinski definition) is 0. The fourth-order valence-corrected chi connectivity index (χ4v) is 4.43. The van der Waals surface area contributed by atoms with E-state index in [4.69, 9.17) is 9.47 Å². The molecule has 2 heterocycles. The second-order valence-corrected chi connectivity index (χ2v) is 9.81. The van der Waals surface area contributed by atoms with Gasteiger partial charge in [-0.25, -0.2) is 17.9 Å². The van der Waals surface area contributed by atoms with Crippen molar-refractivity contribution in [2.45, 2.75) is 77.9 Å². The van der Waals surface area contributed by atoms with Gasteiger partial charge >= 0.3 is 5.97 Å². The Morgan fingerprint density at radius 3 is 2.57 bits per heavy atom. The zero-order valence-electron chi connectivity index (χ0n) is 20.0. The molecular formula is C25H28F3N3O4. The Bertz CT molecular complexity index is 1230. The second kappa shape index (κ2) is 9.83. The normalized spacial score (nSPS) is 15.0. The number of ether oxygens (including phenoxy) is 2. The quantitative estimate of drug-likeness (QED) is 0.545. The van der Waals surface area contributed by atoms with E-state index in [1.165, 1.54) is 12.1 Å². The van der Waals surface area contributed by atoms with Gasteiger partial charge in [-0.3, -0.25) is 14.6 Å². The Labute approximate surface area is 201 Å². The lowest BCUT2D eigenvalue weighted by Gasteiger charge is -2.22. The van der Waals surface area contributed by atoms with Gasteiger partial charge in [-0.15, -0.1) is 0 Å². The minimum atomic E-state index is -2.71. The van der Waals surface area contributed by atoms with Crippen LogP contribution in [0, 0.1) is 5.82 Å². The molecule has 188 valence electrons. The van der Waals surface area contributed by atoms with Crippen LogP contribution in [0.15, 0.2) is 21.9 Å². The van der Waals surface area contributed by atoms with E-state index < -0.39 is 30.4 Å². The van der Waals surface area contributed by atoms with Crippen molar-refractivity contribution in [1.82, 2.24) is 9.78 Å². The molecule has 0 saturated heterocycles. The number of aromatic nitrogens is 2. The van der Waals surface area contributed by atoms with Crippen LogP contribution in [0.3, 0.4) is 0 Å². The largest absolute Gasteiger partial charge is 0.484 e. The van der Waals surface area contributed by atoms with Crippen molar-refractivity contribution >= 4 is 17.4 Å². The van der Waals surface area contributed by atoms with E-state index in [0.717, 1.165) is 23.1 Å². The average Bonchev–Trinajstić information content (AvgIpc) is 3.14. The predicted molar refractivity (Wildman–Crippen MR) is 123 cm³/mol. The van der Waals surface area contributed by atoms with Crippen LogP contribution in [0.25, 0.3) is 0 Å². The summed E-state index contributed by atoms with van der Waals surface area (Å²) in [7, 11) is 0. The zero-order chi connectivity index (χ0) is 25.3. The molecule has 1 aromatic heterocycles. The van der Waals surface area contributed by atoms with Gasteiger partial charge in [0.1, 0.15) is 18.8 Å². The molecule has 4 rings (SSSR count). The van der Waals surface area contributed by atoms with Crippen molar-refractivity contribution in [3.05, 3.63) is 50.7 Å². The minimum absolute atomic E-state index is 0.268. The fraction of sp³-hybridized carbons (Fsp3) is 0.520. The first kappa shape index (κ1) is 24.9. The SMILES string of the molecule is CC(C)(C)OC(=O)Cn1nc(CC2=Nc3cc(OCC(F)F)c(F)cc3C2)c2c(c1=O)CCCC2. The van der Waals surface area contributed by atoms with Gasteiger partial charge in [0.15, 0.2) is 11.6 Å². The van der Waals surface area contributed by atoms with E-state index in [-0.39, 0.29) is 17.9 Å². The number of alkyl halides is 2. The molecule has 0 fully saturated rings. The van der Waals surface area contributed by atoms with Crippen LogP contribution in [0.1, 0.15) is 56.0 Å². The monoisotopic (exact) mass is 491 g/mol. The van der Waals surface area contributed by atoms with Crippen LogP contribution >= 0.6 is 0 Å². The minimum Gasteiger partial charge on any atom is -0.484 e. The number of aliphatic imine (C=N–C) groups is 1. The zero-order valence-corrected chi connectivity index (χ0v) is 20.0. The summed E-state index contributed by atoms with van der Waals surface area (Å²) in [5.74, 6) is -1.54. The predicted octanol–water partition coefficient (Wildman–Crippen LogP) is 4.12. The van der Waals surface area contributed by atoms with Crippen LogP contribution in [0.5, 0.6) is 5.75 Å². The lowest BCUT2D eigenvalue weighted by atomic mass is 9.90. The van der Waals surface area contributed by atoms with Gasteiger partial charge in [0.2, 0.25) is 0 Å². The number of carbonyl (C=O) groups is 1. The summed E-state index contributed by atoms with van der Waals surface area (Å²) in [5, 5.41) is 4.51. The number of halogens is 3. The molecule has 35 heavy (non-hydrogen) atoms. The summed E-state index contributed by atoms with van der Waals surface area (Å²) in [5.41, 5.74) is 3.02. The van der Waals surface area contributed by atoms with Gasteiger partial charge in [0, 0.05) is 30.2 Å². The van der Waals surface area contributed by atoms with E-state index >= 15 is 0 Å². The van der Waals surface area contributed by atoms with Gasteiger partial charge in [0.05, 0.1) is 11.4 Å². The smallest absolute Gasteiger partial charge is 0.328 e. The molecule has 0 N–H and O–H groups in total. The average molecular weight is 492 g/mol. The first-order valence-corrected chi connectivity index (χ1v) is 11.6. The summed E-state index contributed by atoms with van der Waals surface area (Å²) >= 11 is 0. The molecule has 10 heteroatoms. The molecule has 0 saturated carbocycles. The van der Waals surface area contributed by atoms with E-state index in [0.29, 0.717) is 53.9 Å². The molecule has 0 bridgehead atoms. The molecule has 7 nitrogen and oxygen atoms in total. The Morgan fingerprint density at radius 1 is 1.17 bits per heavy atom. The highest BCUT2D eigenvalue weighted by atomic mass is 19.3. The number of fused-ring (bicyclic) bond motifs is 2. The molecule has 1 aliphatic carbocycles. The first-order valence-electron chi connectivity index (χ1n) is 11.6. The Morgan fingerprint density at radius 2 is 1.89 bits per heavy atom. The van der Waals surface area contributed by atoms with Crippen molar-refractivity contribution in [2.75, 3.05) is 6.61 Å².